The van der Waals surface area contributed by atoms with Crippen molar-refractivity contribution in [3.63, 3.8) is 0 Å². The van der Waals surface area contributed by atoms with Gasteiger partial charge in [-0.25, -0.2) is 4.98 Å². The monoisotopic (exact) mass is 355 g/mol. The maximum Gasteiger partial charge on any atom is 0.257 e. The zero-order chi connectivity index (χ0) is 18.5. The lowest BCUT2D eigenvalue weighted by Gasteiger charge is -2.33. The molecule has 0 saturated carbocycles. The Morgan fingerprint density at radius 2 is 2.08 bits per heavy atom. The van der Waals surface area contributed by atoms with Gasteiger partial charge in [0.05, 0.1) is 18.7 Å². The molecule has 0 bridgehead atoms. The minimum atomic E-state index is -0.0688. The van der Waals surface area contributed by atoms with Crippen LogP contribution >= 0.6 is 0 Å². The molecule has 6 heteroatoms. The zero-order valence-corrected chi connectivity index (χ0v) is 15.6. The largest absolute Gasteiger partial charge is 0.493 e. The number of nitrogens with zero attached hydrogens (tertiary/aromatic N) is 3. The first-order valence-corrected chi connectivity index (χ1v) is 9.07. The molecule has 2 aromatic rings. The fourth-order valence-electron chi connectivity index (χ4n) is 3.23. The van der Waals surface area contributed by atoms with Crippen molar-refractivity contribution >= 4 is 5.91 Å². The highest BCUT2D eigenvalue weighted by atomic mass is 16.5. The molecule has 3 rings (SSSR count). The van der Waals surface area contributed by atoms with Crippen LogP contribution in [0.25, 0.3) is 0 Å². The normalized spacial score (nSPS) is 17.0. The van der Waals surface area contributed by atoms with E-state index in [4.69, 9.17) is 9.47 Å². The standard InChI is InChI=1S/C20H25N3O3/c1-4-25-18-10-6-5-9-17(18)20(24)23-11-7-8-16(13-23)26-19-12-14(2)21-15(3)22-19/h5-6,9-10,12,16H,4,7-8,11,13H2,1-3H3. The van der Waals surface area contributed by atoms with Crippen LogP contribution in [-0.2, 0) is 0 Å². The molecule has 2 heterocycles. The molecule has 1 atom stereocenters. The van der Waals surface area contributed by atoms with Crippen LogP contribution in [0.15, 0.2) is 30.3 Å². The number of hydrogen-bond donors (Lipinski definition) is 0. The summed E-state index contributed by atoms with van der Waals surface area (Å²) in [5, 5.41) is 0. The third kappa shape index (κ3) is 4.31. The van der Waals surface area contributed by atoms with Gasteiger partial charge in [0.15, 0.2) is 0 Å². The first-order valence-electron chi connectivity index (χ1n) is 9.07. The van der Waals surface area contributed by atoms with E-state index in [0.717, 1.165) is 25.1 Å². The topological polar surface area (TPSA) is 64.5 Å². The van der Waals surface area contributed by atoms with Crippen molar-refractivity contribution in [1.82, 2.24) is 14.9 Å². The van der Waals surface area contributed by atoms with Crippen LogP contribution in [0, 0.1) is 13.8 Å². The van der Waals surface area contributed by atoms with Crippen LogP contribution in [-0.4, -0.2) is 46.6 Å². The summed E-state index contributed by atoms with van der Waals surface area (Å²) < 4.78 is 11.6. The van der Waals surface area contributed by atoms with Crippen LogP contribution in [0.5, 0.6) is 11.6 Å². The molecular weight excluding hydrogens is 330 g/mol. The summed E-state index contributed by atoms with van der Waals surface area (Å²) >= 11 is 0. The van der Waals surface area contributed by atoms with Crippen molar-refractivity contribution < 1.29 is 14.3 Å². The fourth-order valence-corrected chi connectivity index (χ4v) is 3.23. The van der Waals surface area contributed by atoms with E-state index in [1.807, 2.05) is 56.0 Å². The van der Waals surface area contributed by atoms with Gasteiger partial charge < -0.3 is 14.4 Å². The number of carbonyl (C=O) groups is 1. The number of carbonyl (C=O) groups excluding carboxylic acids is 1. The van der Waals surface area contributed by atoms with Crippen molar-refractivity contribution in [2.24, 2.45) is 0 Å². The minimum absolute atomic E-state index is 0.0163. The molecule has 138 valence electrons. The van der Waals surface area contributed by atoms with Crippen molar-refractivity contribution in [1.29, 1.82) is 0 Å². The molecule has 26 heavy (non-hydrogen) atoms. The molecule has 0 N–H and O–H groups in total. The van der Waals surface area contributed by atoms with Gasteiger partial charge in [-0.05, 0) is 45.7 Å². The SMILES string of the molecule is CCOc1ccccc1C(=O)N1CCCC(Oc2cc(C)nc(C)n2)C1. The van der Waals surface area contributed by atoms with Gasteiger partial charge in [0.2, 0.25) is 5.88 Å². The highest BCUT2D eigenvalue weighted by molar-refractivity contribution is 5.97. The smallest absolute Gasteiger partial charge is 0.257 e. The van der Waals surface area contributed by atoms with Crippen LogP contribution in [0.3, 0.4) is 0 Å². The summed E-state index contributed by atoms with van der Waals surface area (Å²) in [4.78, 5) is 23.4. The zero-order valence-electron chi connectivity index (χ0n) is 15.6. The molecular formula is C20H25N3O3. The van der Waals surface area contributed by atoms with Gasteiger partial charge in [-0.2, -0.15) is 4.98 Å². The Morgan fingerprint density at radius 1 is 1.27 bits per heavy atom. The number of piperidine rings is 1. The van der Waals surface area contributed by atoms with E-state index in [2.05, 4.69) is 9.97 Å². The number of aryl methyl sites for hydroxylation is 2. The van der Waals surface area contributed by atoms with Gasteiger partial charge in [-0.1, -0.05) is 12.1 Å². The minimum Gasteiger partial charge on any atom is -0.493 e. The van der Waals surface area contributed by atoms with E-state index in [-0.39, 0.29) is 12.0 Å². The number of rotatable bonds is 5. The number of benzene rings is 1. The van der Waals surface area contributed by atoms with Crippen LogP contribution in [0.1, 0.15) is 41.6 Å². The highest BCUT2D eigenvalue weighted by Gasteiger charge is 2.27. The van der Waals surface area contributed by atoms with Crippen LogP contribution in [0.2, 0.25) is 0 Å². The molecule has 6 nitrogen and oxygen atoms in total. The van der Waals surface area contributed by atoms with Gasteiger partial charge in [0.25, 0.3) is 5.91 Å². The van der Waals surface area contributed by atoms with Gasteiger partial charge in [-0.3, -0.25) is 4.79 Å². The highest BCUT2D eigenvalue weighted by Crippen LogP contribution is 2.23. The second-order valence-corrected chi connectivity index (χ2v) is 6.46. The third-order valence-corrected chi connectivity index (χ3v) is 4.31. The maximum absolute atomic E-state index is 13.0. The summed E-state index contributed by atoms with van der Waals surface area (Å²) in [7, 11) is 0. The van der Waals surface area contributed by atoms with Crippen LogP contribution < -0.4 is 9.47 Å². The molecule has 1 unspecified atom stereocenters. The van der Waals surface area contributed by atoms with Crippen molar-refractivity contribution in [3.05, 3.63) is 47.4 Å². The average molecular weight is 355 g/mol. The van der Waals surface area contributed by atoms with E-state index in [1.54, 1.807) is 0 Å². The number of hydrogen-bond acceptors (Lipinski definition) is 5. The number of likely N-dealkylation sites (tertiary alicyclic amines) is 1. The van der Waals surface area contributed by atoms with Gasteiger partial charge in [0, 0.05) is 18.3 Å². The summed E-state index contributed by atoms with van der Waals surface area (Å²) in [6.45, 7) is 7.48. The molecule has 1 aliphatic rings. The van der Waals surface area contributed by atoms with E-state index >= 15 is 0 Å². The predicted molar refractivity (Wildman–Crippen MR) is 98.7 cm³/mol. The molecule has 1 aliphatic heterocycles. The Bertz CT molecular complexity index is 758. The molecule has 0 aliphatic carbocycles. The lowest BCUT2D eigenvalue weighted by molar-refractivity contribution is 0.0523. The summed E-state index contributed by atoms with van der Waals surface area (Å²) in [5.41, 5.74) is 1.48. The van der Waals surface area contributed by atoms with E-state index in [1.165, 1.54) is 0 Å². The van der Waals surface area contributed by atoms with E-state index < -0.39 is 0 Å². The van der Waals surface area contributed by atoms with Crippen LogP contribution in [0.4, 0.5) is 0 Å². The number of para-hydroxylation sites is 1. The van der Waals surface area contributed by atoms with Gasteiger partial charge in [0.1, 0.15) is 17.7 Å². The summed E-state index contributed by atoms with van der Waals surface area (Å²) in [6, 6.07) is 9.22. The second kappa shape index (κ2) is 8.17. The molecule has 1 saturated heterocycles. The van der Waals surface area contributed by atoms with E-state index in [0.29, 0.717) is 36.2 Å². The van der Waals surface area contributed by atoms with Crippen molar-refractivity contribution in [3.8, 4) is 11.6 Å². The van der Waals surface area contributed by atoms with Gasteiger partial charge >= 0.3 is 0 Å². The Balaban J connectivity index is 1.71. The molecule has 1 fully saturated rings. The van der Waals surface area contributed by atoms with Crippen molar-refractivity contribution in [2.75, 3.05) is 19.7 Å². The van der Waals surface area contributed by atoms with Gasteiger partial charge in [-0.15, -0.1) is 0 Å². The lowest BCUT2D eigenvalue weighted by Crippen LogP contribution is -2.44. The molecule has 1 amide bonds. The summed E-state index contributed by atoms with van der Waals surface area (Å²) in [5.74, 6) is 1.88. The lowest BCUT2D eigenvalue weighted by atomic mass is 10.1. The molecule has 1 aromatic carbocycles. The number of ether oxygens (including phenoxy) is 2. The molecule has 0 radical (unpaired) electrons. The van der Waals surface area contributed by atoms with Crippen molar-refractivity contribution in [2.45, 2.75) is 39.7 Å². The molecule has 0 spiro atoms. The first-order chi connectivity index (χ1) is 12.6. The quantitative estimate of drug-likeness (QED) is 0.824. The number of amides is 1. The van der Waals surface area contributed by atoms with E-state index in [9.17, 15) is 4.79 Å². The molecule has 1 aromatic heterocycles. The fraction of sp³-hybridized carbons (Fsp3) is 0.450. The Hall–Kier alpha value is -2.63. The predicted octanol–water partition coefficient (Wildman–Crippen LogP) is 3.18. The first kappa shape index (κ1) is 18.2. The summed E-state index contributed by atoms with van der Waals surface area (Å²) in [6.07, 6.45) is 1.73. The third-order valence-electron chi connectivity index (χ3n) is 4.31. The Kier molecular flexibility index (Phi) is 5.71. The average Bonchev–Trinajstić information content (AvgIpc) is 2.61. The number of aromatic nitrogens is 2. The maximum atomic E-state index is 13.0. The second-order valence-electron chi connectivity index (χ2n) is 6.46. The Morgan fingerprint density at radius 3 is 2.85 bits per heavy atom. The Labute approximate surface area is 154 Å².